The summed E-state index contributed by atoms with van der Waals surface area (Å²) >= 11 is -2.40. The van der Waals surface area contributed by atoms with Crippen molar-refractivity contribution in [2.24, 2.45) is 0 Å². The molecular weight excluding hydrogens is 377 g/mol. The Bertz CT molecular complexity index is 1030. The van der Waals surface area contributed by atoms with Gasteiger partial charge in [-0.25, -0.2) is 9.37 Å². The van der Waals surface area contributed by atoms with E-state index in [0.717, 1.165) is 6.20 Å². The highest BCUT2D eigenvalue weighted by Gasteiger charge is 2.11. The van der Waals surface area contributed by atoms with Crippen LogP contribution in [0.1, 0.15) is 0 Å². The van der Waals surface area contributed by atoms with Gasteiger partial charge in [0.1, 0.15) is 0 Å². The van der Waals surface area contributed by atoms with Gasteiger partial charge >= 0.3 is 0 Å². The van der Waals surface area contributed by atoms with Gasteiger partial charge in [0.15, 0.2) is 11.6 Å². The van der Waals surface area contributed by atoms with Crippen LogP contribution >= 0.6 is 0 Å². The van der Waals surface area contributed by atoms with Gasteiger partial charge in [0.2, 0.25) is 5.95 Å². The van der Waals surface area contributed by atoms with Crippen molar-refractivity contribution in [1.82, 2.24) is 9.97 Å². The molecule has 1 atom stereocenters. The number of hydrogen-bond acceptors (Lipinski definition) is 8. The highest BCUT2D eigenvalue weighted by molar-refractivity contribution is 7.79. The van der Waals surface area contributed by atoms with Crippen LogP contribution in [0.5, 0.6) is 0 Å². The van der Waals surface area contributed by atoms with Crippen LogP contribution in [0, 0.1) is 15.9 Å². The number of halogens is 1. The van der Waals surface area contributed by atoms with E-state index in [0.29, 0.717) is 5.69 Å². The molecule has 0 aliphatic carbocycles. The number of nitro benzene ring substituents is 1. The van der Waals surface area contributed by atoms with Crippen LogP contribution in [-0.2, 0) is 11.1 Å². The first-order valence-corrected chi connectivity index (χ1v) is 8.50. The lowest BCUT2D eigenvalue weighted by molar-refractivity contribution is -0.384. The van der Waals surface area contributed by atoms with Gasteiger partial charge in [-0.15, -0.1) is 0 Å². The molecule has 9 nitrogen and oxygen atoms in total. The van der Waals surface area contributed by atoms with Gasteiger partial charge in [-0.2, -0.15) is 4.98 Å². The van der Waals surface area contributed by atoms with Crippen LogP contribution in [0.2, 0.25) is 0 Å². The van der Waals surface area contributed by atoms with E-state index in [9.17, 15) is 23.3 Å². The molecule has 0 amide bonds. The summed E-state index contributed by atoms with van der Waals surface area (Å²) in [5.74, 6) is -0.948. The summed E-state index contributed by atoms with van der Waals surface area (Å²) < 4.78 is 36.0. The van der Waals surface area contributed by atoms with Gasteiger partial charge in [0.25, 0.3) is 5.69 Å². The topological polar surface area (TPSA) is 133 Å². The Labute approximate surface area is 154 Å². The number of benzene rings is 2. The summed E-state index contributed by atoms with van der Waals surface area (Å²) in [5, 5.41) is 16.3. The molecule has 3 aromatic rings. The zero-order valence-electron chi connectivity index (χ0n) is 13.5. The normalized spacial score (nSPS) is 11.6. The minimum Gasteiger partial charge on any atom is -0.768 e. The maximum atomic E-state index is 14.0. The van der Waals surface area contributed by atoms with E-state index >= 15 is 0 Å². The number of nitrogens with one attached hydrogen (secondary N) is 2. The standard InChI is InChI=1S/C16H12FN5O4S/c17-14-9-18-16(20-11-4-2-6-13(8-11)27(25)26)21-15(14)19-10-3-1-5-12(7-10)22(23)24/h1-9H,(H,25,26)(H2,18,19,20,21)/p-1. The van der Waals surface area contributed by atoms with E-state index in [4.69, 9.17) is 0 Å². The fourth-order valence-corrected chi connectivity index (χ4v) is 2.57. The largest absolute Gasteiger partial charge is 0.768 e. The Kier molecular flexibility index (Phi) is 5.33. The fourth-order valence-electron chi connectivity index (χ4n) is 2.16. The van der Waals surface area contributed by atoms with Crippen molar-refractivity contribution in [3.8, 4) is 0 Å². The van der Waals surface area contributed by atoms with Gasteiger partial charge in [0, 0.05) is 28.4 Å². The van der Waals surface area contributed by atoms with Crippen molar-refractivity contribution >= 4 is 39.9 Å². The smallest absolute Gasteiger partial charge is 0.271 e. The number of anilines is 4. The van der Waals surface area contributed by atoms with Crippen molar-refractivity contribution in [2.75, 3.05) is 10.6 Å². The SMILES string of the molecule is O=[N+]([O-])c1cccc(Nc2nc(Nc3cccc(S(=O)[O-])c3)ncc2F)c1. The Morgan fingerprint density at radius 3 is 2.48 bits per heavy atom. The van der Waals surface area contributed by atoms with Gasteiger partial charge in [-0.05, 0) is 35.3 Å². The number of nitro groups is 1. The Morgan fingerprint density at radius 1 is 1.07 bits per heavy atom. The van der Waals surface area contributed by atoms with Gasteiger partial charge in [-0.3, -0.25) is 14.3 Å². The van der Waals surface area contributed by atoms with E-state index in [1.165, 1.54) is 42.5 Å². The van der Waals surface area contributed by atoms with Crippen LogP contribution in [0.15, 0.2) is 59.6 Å². The molecule has 0 radical (unpaired) electrons. The minimum absolute atomic E-state index is 0.0122. The van der Waals surface area contributed by atoms with E-state index in [2.05, 4.69) is 20.6 Å². The molecule has 2 aromatic carbocycles. The van der Waals surface area contributed by atoms with Crippen molar-refractivity contribution < 1.29 is 18.1 Å². The zero-order chi connectivity index (χ0) is 19.4. The van der Waals surface area contributed by atoms with Crippen LogP contribution < -0.4 is 10.6 Å². The second-order valence-corrected chi connectivity index (χ2v) is 6.15. The second kappa shape index (κ2) is 7.85. The average Bonchev–Trinajstić information content (AvgIpc) is 2.65. The highest BCUT2D eigenvalue weighted by atomic mass is 32.2. The third-order valence-electron chi connectivity index (χ3n) is 3.35. The summed E-state index contributed by atoms with van der Waals surface area (Å²) in [7, 11) is 0. The summed E-state index contributed by atoms with van der Waals surface area (Å²) in [6.45, 7) is 0. The molecule has 1 heterocycles. The molecule has 0 bridgehead atoms. The van der Waals surface area contributed by atoms with Crippen molar-refractivity contribution in [1.29, 1.82) is 0 Å². The first kappa shape index (κ1) is 18.4. The molecular formula is C16H11FN5O4S-. The molecule has 138 valence electrons. The van der Waals surface area contributed by atoms with E-state index in [1.807, 2.05) is 0 Å². The predicted molar refractivity (Wildman–Crippen MR) is 95.3 cm³/mol. The number of aromatic nitrogens is 2. The third-order valence-corrected chi connectivity index (χ3v) is 3.99. The number of non-ortho nitro benzene ring substituents is 1. The van der Waals surface area contributed by atoms with Crippen LogP contribution in [0.25, 0.3) is 0 Å². The molecule has 0 fully saturated rings. The lowest BCUT2D eigenvalue weighted by atomic mass is 10.3. The third kappa shape index (κ3) is 4.59. The van der Waals surface area contributed by atoms with E-state index < -0.39 is 21.8 Å². The highest BCUT2D eigenvalue weighted by Crippen LogP contribution is 2.23. The molecule has 0 aliphatic rings. The minimum atomic E-state index is -2.40. The van der Waals surface area contributed by atoms with Crippen LogP contribution in [0.4, 0.5) is 33.2 Å². The molecule has 11 heteroatoms. The zero-order valence-corrected chi connectivity index (χ0v) is 14.3. The Balaban J connectivity index is 1.84. The van der Waals surface area contributed by atoms with Gasteiger partial charge in [-0.1, -0.05) is 12.1 Å². The summed E-state index contributed by atoms with van der Waals surface area (Å²) in [6, 6.07) is 11.4. The Morgan fingerprint density at radius 2 is 1.78 bits per heavy atom. The lowest BCUT2D eigenvalue weighted by Crippen LogP contribution is -2.04. The fraction of sp³-hybridized carbons (Fsp3) is 0. The number of hydrogen-bond donors (Lipinski definition) is 2. The lowest BCUT2D eigenvalue weighted by Gasteiger charge is -2.11. The van der Waals surface area contributed by atoms with Crippen molar-refractivity contribution in [3.63, 3.8) is 0 Å². The molecule has 27 heavy (non-hydrogen) atoms. The van der Waals surface area contributed by atoms with Crippen LogP contribution in [0.3, 0.4) is 0 Å². The van der Waals surface area contributed by atoms with Gasteiger partial charge in [0.05, 0.1) is 11.1 Å². The quantitative estimate of drug-likeness (QED) is 0.373. The first-order valence-electron chi connectivity index (χ1n) is 7.43. The molecule has 0 spiro atoms. The Hall–Kier alpha value is -3.44. The molecule has 1 aromatic heterocycles. The van der Waals surface area contributed by atoms with Crippen molar-refractivity contribution in [3.05, 3.63) is 70.7 Å². The summed E-state index contributed by atoms with van der Waals surface area (Å²) in [4.78, 5) is 18.1. The molecule has 3 rings (SSSR count). The summed E-state index contributed by atoms with van der Waals surface area (Å²) in [6.07, 6.45) is 0.921. The second-order valence-electron chi connectivity index (χ2n) is 5.21. The van der Waals surface area contributed by atoms with E-state index in [-0.39, 0.29) is 28.0 Å². The predicted octanol–water partition coefficient (Wildman–Crippen LogP) is 3.25. The van der Waals surface area contributed by atoms with E-state index in [1.54, 1.807) is 6.07 Å². The molecule has 0 aliphatic heterocycles. The monoisotopic (exact) mass is 388 g/mol. The maximum Gasteiger partial charge on any atom is 0.271 e. The van der Waals surface area contributed by atoms with Gasteiger partial charge < -0.3 is 15.2 Å². The van der Waals surface area contributed by atoms with Crippen LogP contribution in [-0.4, -0.2) is 23.7 Å². The molecule has 0 saturated heterocycles. The number of rotatable bonds is 6. The first-order chi connectivity index (χ1) is 12.9. The number of nitrogens with zero attached hydrogens (tertiary/aromatic N) is 3. The van der Waals surface area contributed by atoms with Crippen molar-refractivity contribution in [2.45, 2.75) is 4.90 Å². The summed E-state index contributed by atoms with van der Waals surface area (Å²) in [5.41, 5.74) is 0.511. The molecule has 0 saturated carbocycles. The molecule has 2 N–H and O–H groups in total. The molecule has 1 unspecified atom stereocenters. The average molecular weight is 388 g/mol. The maximum absolute atomic E-state index is 14.0.